The standard InChI is InChI=1S/C16H15F3N2O3S/c17-16(18,19)15-4-2-13(10-20-15)25(22,23)21-7-5-11-1-3-14-12(9-11)6-8-24-14/h1-4,9-10,21H,5-8H2. The quantitative estimate of drug-likeness (QED) is 0.876. The van der Waals surface area contributed by atoms with Gasteiger partial charge in [0.25, 0.3) is 0 Å². The monoisotopic (exact) mass is 372 g/mol. The Hall–Kier alpha value is -2.13. The molecule has 25 heavy (non-hydrogen) atoms. The van der Waals surface area contributed by atoms with Crippen molar-refractivity contribution >= 4 is 10.0 Å². The number of rotatable bonds is 5. The molecule has 1 aromatic heterocycles. The second kappa shape index (κ2) is 6.64. The van der Waals surface area contributed by atoms with Gasteiger partial charge in [0.15, 0.2) is 0 Å². The third kappa shape index (κ3) is 4.10. The van der Waals surface area contributed by atoms with Crippen LogP contribution in [0.3, 0.4) is 0 Å². The van der Waals surface area contributed by atoms with Crippen molar-refractivity contribution in [2.75, 3.05) is 13.2 Å². The molecule has 0 amide bonds. The van der Waals surface area contributed by atoms with Crippen LogP contribution in [0.4, 0.5) is 13.2 Å². The Kier molecular flexibility index (Phi) is 4.70. The van der Waals surface area contributed by atoms with Gasteiger partial charge in [0.05, 0.1) is 6.61 Å². The SMILES string of the molecule is O=S(=O)(NCCc1ccc2c(c1)CCO2)c1ccc(C(F)(F)F)nc1. The van der Waals surface area contributed by atoms with Crippen LogP contribution in [-0.2, 0) is 29.0 Å². The number of hydrogen-bond acceptors (Lipinski definition) is 4. The Bertz CT molecular complexity index is 865. The number of nitrogens with one attached hydrogen (secondary N) is 1. The lowest BCUT2D eigenvalue weighted by atomic mass is 10.1. The number of fused-ring (bicyclic) bond motifs is 1. The molecule has 5 nitrogen and oxygen atoms in total. The maximum Gasteiger partial charge on any atom is 0.433 e. The van der Waals surface area contributed by atoms with Crippen molar-refractivity contribution in [3.05, 3.63) is 53.3 Å². The van der Waals surface area contributed by atoms with Crippen LogP contribution in [0.2, 0.25) is 0 Å². The highest BCUT2D eigenvalue weighted by molar-refractivity contribution is 7.89. The average Bonchev–Trinajstić information content (AvgIpc) is 3.02. The van der Waals surface area contributed by atoms with Crippen LogP contribution in [0, 0.1) is 0 Å². The number of pyridine rings is 1. The Labute approximate surface area is 142 Å². The van der Waals surface area contributed by atoms with Crippen molar-refractivity contribution in [2.24, 2.45) is 0 Å². The van der Waals surface area contributed by atoms with Crippen molar-refractivity contribution in [3.8, 4) is 5.75 Å². The van der Waals surface area contributed by atoms with Crippen molar-refractivity contribution < 1.29 is 26.3 Å². The lowest BCUT2D eigenvalue weighted by Crippen LogP contribution is -2.26. The summed E-state index contributed by atoms with van der Waals surface area (Å²) in [6.45, 7) is 0.773. The van der Waals surface area contributed by atoms with E-state index >= 15 is 0 Å². The van der Waals surface area contributed by atoms with E-state index in [0.717, 1.165) is 29.4 Å². The predicted octanol–water partition coefficient (Wildman–Crippen LogP) is 2.56. The molecule has 0 fully saturated rings. The van der Waals surface area contributed by atoms with E-state index in [-0.39, 0.29) is 11.4 Å². The van der Waals surface area contributed by atoms with E-state index in [4.69, 9.17) is 4.74 Å². The molecule has 0 saturated carbocycles. The van der Waals surface area contributed by atoms with Gasteiger partial charge < -0.3 is 4.74 Å². The maximum absolute atomic E-state index is 12.5. The average molecular weight is 372 g/mol. The van der Waals surface area contributed by atoms with Gasteiger partial charge in [-0.2, -0.15) is 13.2 Å². The predicted molar refractivity (Wildman–Crippen MR) is 83.8 cm³/mol. The number of sulfonamides is 1. The molecule has 1 aliphatic heterocycles. The van der Waals surface area contributed by atoms with Gasteiger partial charge in [0, 0.05) is 19.2 Å². The maximum atomic E-state index is 12.5. The van der Waals surface area contributed by atoms with Gasteiger partial charge in [-0.15, -0.1) is 0 Å². The fraction of sp³-hybridized carbons (Fsp3) is 0.312. The molecule has 9 heteroatoms. The summed E-state index contributed by atoms with van der Waals surface area (Å²) < 4.78 is 69.4. The topological polar surface area (TPSA) is 68.3 Å². The van der Waals surface area contributed by atoms with Gasteiger partial charge in [-0.05, 0) is 35.7 Å². The molecule has 134 valence electrons. The molecule has 3 rings (SSSR count). The first-order valence-electron chi connectivity index (χ1n) is 7.53. The Morgan fingerprint density at radius 2 is 2.00 bits per heavy atom. The van der Waals surface area contributed by atoms with E-state index in [1.165, 1.54) is 0 Å². The van der Waals surface area contributed by atoms with Crippen LogP contribution in [0.1, 0.15) is 16.8 Å². The molecular weight excluding hydrogens is 357 g/mol. The molecule has 1 aromatic carbocycles. The number of nitrogens with zero attached hydrogens (tertiary/aromatic N) is 1. The van der Waals surface area contributed by atoms with Crippen LogP contribution in [0.15, 0.2) is 41.4 Å². The molecule has 1 aliphatic rings. The van der Waals surface area contributed by atoms with Gasteiger partial charge in [0.1, 0.15) is 16.3 Å². The first kappa shape index (κ1) is 17.7. The van der Waals surface area contributed by atoms with Crippen LogP contribution < -0.4 is 9.46 Å². The third-order valence-corrected chi connectivity index (χ3v) is 5.24. The second-order valence-corrected chi connectivity index (χ2v) is 7.33. The fourth-order valence-corrected chi connectivity index (χ4v) is 3.49. The minimum Gasteiger partial charge on any atom is -0.493 e. The first-order chi connectivity index (χ1) is 11.8. The highest BCUT2D eigenvalue weighted by Crippen LogP contribution is 2.28. The molecule has 0 aliphatic carbocycles. The molecule has 1 N–H and O–H groups in total. The smallest absolute Gasteiger partial charge is 0.433 e. The van der Waals surface area contributed by atoms with Crippen LogP contribution in [-0.4, -0.2) is 26.6 Å². The Morgan fingerprint density at radius 3 is 2.68 bits per heavy atom. The number of alkyl halides is 3. The number of halogens is 3. The summed E-state index contributed by atoms with van der Waals surface area (Å²) in [5.41, 5.74) is 0.914. The van der Waals surface area contributed by atoms with E-state index < -0.39 is 21.9 Å². The molecule has 0 bridgehead atoms. The normalized spacial score (nSPS) is 14.2. The summed E-state index contributed by atoms with van der Waals surface area (Å²) in [5, 5.41) is 0. The van der Waals surface area contributed by atoms with E-state index in [9.17, 15) is 21.6 Å². The molecule has 0 saturated heterocycles. The Morgan fingerprint density at radius 1 is 1.20 bits per heavy atom. The van der Waals surface area contributed by atoms with Gasteiger partial charge in [-0.3, -0.25) is 4.98 Å². The fourth-order valence-electron chi connectivity index (χ4n) is 2.52. The zero-order valence-corrected chi connectivity index (χ0v) is 13.8. The van der Waals surface area contributed by atoms with Crippen molar-refractivity contribution in [1.29, 1.82) is 0 Å². The number of hydrogen-bond donors (Lipinski definition) is 1. The first-order valence-corrected chi connectivity index (χ1v) is 9.01. The largest absolute Gasteiger partial charge is 0.493 e. The minimum absolute atomic E-state index is 0.128. The molecule has 0 radical (unpaired) electrons. The second-order valence-electron chi connectivity index (χ2n) is 5.57. The molecule has 2 aromatic rings. The number of ether oxygens (including phenoxy) is 1. The van der Waals surface area contributed by atoms with Crippen LogP contribution >= 0.6 is 0 Å². The van der Waals surface area contributed by atoms with E-state index in [1.807, 2.05) is 18.2 Å². The van der Waals surface area contributed by atoms with Crippen LogP contribution in [0.5, 0.6) is 5.75 Å². The summed E-state index contributed by atoms with van der Waals surface area (Å²) in [7, 11) is -3.91. The van der Waals surface area contributed by atoms with Gasteiger partial charge in [0.2, 0.25) is 10.0 Å². The van der Waals surface area contributed by atoms with Gasteiger partial charge in [-0.1, -0.05) is 12.1 Å². The zero-order chi connectivity index (χ0) is 18.1. The van der Waals surface area contributed by atoms with Gasteiger partial charge >= 0.3 is 6.18 Å². The minimum atomic E-state index is -4.60. The van der Waals surface area contributed by atoms with E-state index in [0.29, 0.717) is 25.3 Å². The molecular formula is C16H15F3N2O3S. The Balaban J connectivity index is 1.62. The number of aromatic nitrogens is 1. The summed E-state index contributed by atoms with van der Waals surface area (Å²) in [4.78, 5) is 2.86. The van der Waals surface area contributed by atoms with Crippen molar-refractivity contribution in [1.82, 2.24) is 9.71 Å². The summed E-state index contributed by atoms with van der Waals surface area (Å²) in [6, 6.07) is 7.22. The molecule has 2 heterocycles. The molecule has 0 unspecified atom stereocenters. The molecule has 0 atom stereocenters. The van der Waals surface area contributed by atoms with Crippen molar-refractivity contribution in [3.63, 3.8) is 0 Å². The zero-order valence-electron chi connectivity index (χ0n) is 13.0. The highest BCUT2D eigenvalue weighted by atomic mass is 32.2. The van der Waals surface area contributed by atoms with Gasteiger partial charge in [-0.25, -0.2) is 13.1 Å². The molecule has 0 spiro atoms. The summed E-state index contributed by atoms with van der Waals surface area (Å²) >= 11 is 0. The third-order valence-electron chi connectivity index (χ3n) is 3.80. The van der Waals surface area contributed by atoms with E-state index in [1.54, 1.807) is 0 Å². The summed E-state index contributed by atoms with van der Waals surface area (Å²) in [5.74, 6) is 0.847. The van der Waals surface area contributed by atoms with Crippen LogP contribution in [0.25, 0.3) is 0 Å². The summed E-state index contributed by atoms with van der Waals surface area (Å²) in [6.07, 6.45) is -2.61. The lowest BCUT2D eigenvalue weighted by Gasteiger charge is -2.09. The number of benzene rings is 1. The highest BCUT2D eigenvalue weighted by Gasteiger charge is 2.32. The van der Waals surface area contributed by atoms with E-state index in [2.05, 4.69) is 9.71 Å². The lowest BCUT2D eigenvalue weighted by molar-refractivity contribution is -0.141. The van der Waals surface area contributed by atoms with Crippen molar-refractivity contribution in [2.45, 2.75) is 23.9 Å².